The number of pyridine rings is 1. The van der Waals surface area contributed by atoms with E-state index in [1.807, 2.05) is 0 Å². The molecule has 4 aromatic rings. The molecule has 0 spiro atoms. The highest BCUT2D eigenvalue weighted by molar-refractivity contribution is 7.14. The van der Waals surface area contributed by atoms with E-state index < -0.39 is 5.91 Å². The van der Waals surface area contributed by atoms with Crippen molar-refractivity contribution in [1.82, 2.24) is 15.2 Å². The molecule has 0 aliphatic carbocycles. The number of hydrogen-bond acceptors (Lipinski definition) is 8. The van der Waals surface area contributed by atoms with Crippen LogP contribution in [0, 0.1) is 0 Å². The van der Waals surface area contributed by atoms with Crippen LogP contribution in [0.1, 0.15) is 15.4 Å². The van der Waals surface area contributed by atoms with E-state index in [0.717, 1.165) is 0 Å². The second kappa shape index (κ2) is 9.08. The summed E-state index contributed by atoms with van der Waals surface area (Å²) in [5.74, 6) is 0.174. The number of primary amides is 1. The molecule has 170 valence electrons. The number of para-hydroxylation sites is 1. The molecule has 1 aliphatic rings. The molecule has 9 nitrogen and oxygen atoms in total. The number of hydrogen-bond donors (Lipinski definition) is 2. The van der Waals surface area contributed by atoms with E-state index in [4.69, 9.17) is 26.8 Å². The second-order valence-electron chi connectivity index (χ2n) is 7.21. The number of carbonyl (C=O) groups is 2. The first-order valence-electron chi connectivity index (χ1n) is 10.1. The molecule has 0 radical (unpaired) electrons. The minimum atomic E-state index is -0.632. The van der Waals surface area contributed by atoms with Gasteiger partial charge in [0.05, 0.1) is 11.3 Å². The molecule has 3 N–H and O–H groups in total. The van der Waals surface area contributed by atoms with Crippen molar-refractivity contribution in [3.05, 3.63) is 70.3 Å². The lowest BCUT2D eigenvalue weighted by Gasteiger charge is -2.22. The van der Waals surface area contributed by atoms with Crippen LogP contribution in [0.3, 0.4) is 0 Å². The van der Waals surface area contributed by atoms with Crippen molar-refractivity contribution in [2.24, 2.45) is 5.73 Å². The summed E-state index contributed by atoms with van der Waals surface area (Å²) in [6, 6.07) is 13.8. The van der Waals surface area contributed by atoms with Gasteiger partial charge in [-0.1, -0.05) is 35.1 Å². The Balaban J connectivity index is 1.54. The van der Waals surface area contributed by atoms with Gasteiger partial charge < -0.3 is 20.5 Å². The number of amides is 2. The van der Waals surface area contributed by atoms with Crippen molar-refractivity contribution in [1.29, 1.82) is 0 Å². The van der Waals surface area contributed by atoms with Crippen molar-refractivity contribution in [3.8, 4) is 33.3 Å². The standard InChI is InChI=1S/C23H16ClN5O4S/c24-12-4-6-13(7-5-12)32-11-18-28-29-23(34-18)20-19(15(22(25)31)8-9-26-20)14-2-1-3-16-21(14)33-10-17(30)27-16/h1-9H,10-11H2,(H2,25,31)(H,27,30). The minimum absolute atomic E-state index is 0.142. The third-order valence-electron chi connectivity index (χ3n) is 4.97. The first kappa shape index (κ1) is 21.8. The molecule has 34 heavy (non-hydrogen) atoms. The number of halogens is 1. The number of ether oxygens (including phenoxy) is 2. The number of aromatic nitrogens is 3. The van der Waals surface area contributed by atoms with Gasteiger partial charge in [0, 0.05) is 22.3 Å². The van der Waals surface area contributed by atoms with Gasteiger partial charge in [-0.3, -0.25) is 14.6 Å². The average Bonchev–Trinajstić information content (AvgIpc) is 3.31. The van der Waals surface area contributed by atoms with E-state index in [-0.39, 0.29) is 24.7 Å². The maximum atomic E-state index is 12.3. The summed E-state index contributed by atoms with van der Waals surface area (Å²) in [6.45, 7) is 0.0521. The number of nitrogens with two attached hydrogens (primary N) is 1. The van der Waals surface area contributed by atoms with E-state index in [1.165, 1.54) is 23.6 Å². The predicted octanol–water partition coefficient (Wildman–Crippen LogP) is 3.93. The quantitative estimate of drug-likeness (QED) is 0.416. The molecule has 1 aliphatic heterocycles. The predicted molar refractivity (Wildman–Crippen MR) is 127 cm³/mol. The summed E-state index contributed by atoms with van der Waals surface area (Å²) in [5.41, 5.74) is 7.85. The molecule has 2 aromatic carbocycles. The molecule has 0 unspecified atom stereocenters. The molecule has 11 heteroatoms. The second-order valence-corrected chi connectivity index (χ2v) is 8.71. The smallest absolute Gasteiger partial charge is 0.262 e. The van der Waals surface area contributed by atoms with Gasteiger partial charge in [-0.15, -0.1) is 10.2 Å². The Morgan fingerprint density at radius 1 is 1.18 bits per heavy atom. The highest BCUT2D eigenvalue weighted by Gasteiger charge is 2.26. The van der Waals surface area contributed by atoms with Gasteiger partial charge >= 0.3 is 0 Å². The van der Waals surface area contributed by atoms with Crippen molar-refractivity contribution in [2.45, 2.75) is 6.61 Å². The maximum Gasteiger partial charge on any atom is 0.262 e. The summed E-state index contributed by atoms with van der Waals surface area (Å²) >= 11 is 7.18. The van der Waals surface area contributed by atoms with Crippen LogP contribution in [0.5, 0.6) is 11.5 Å². The third kappa shape index (κ3) is 4.28. The first-order valence-corrected chi connectivity index (χ1v) is 11.2. The molecule has 3 heterocycles. The lowest BCUT2D eigenvalue weighted by Crippen LogP contribution is -2.25. The number of nitrogens with zero attached hydrogens (tertiary/aromatic N) is 3. The van der Waals surface area contributed by atoms with E-state index in [0.29, 0.717) is 49.0 Å². The van der Waals surface area contributed by atoms with Gasteiger partial charge in [-0.2, -0.15) is 0 Å². The number of carbonyl (C=O) groups excluding carboxylic acids is 2. The summed E-state index contributed by atoms with van der Waals surface area (Å²) in [6.07, 6.45) is 1.49. The lowest BCUT2D eigenvalue weighted by molar-refractivity contribution is -0.118. The Kier molecular flexibility index (Phi) is 5.83. The van der Waals surface area contributed by atoms with Crippen molar-refractivity contribution in [3.63, 3.8) is 0 Å². The van der Waals surface area contributed by atoms with Crippen LogP contribution < -0.4 is 20.5 Å². The van der Waals surface area contributed by atoms with Crippen LogP contribution in [0.15, 0.2) is 54.7 Å². The van der Waals surface area contributed by atoms with Crippen LogP contribution >= 0.6 is 22.9 Å². The molecule has 0 saturated carbocycles. The van der Waals surface area contributed by atoms with Crippen molar-refractivity contribution in [2.75, 3.05) is 11.9 Å². The van der Waals surface area contributed by atoms with Crippen LogP contribution in [0.25, 0.3) is 21.8 Å². The fourth-order valence-corrected chi connectivity index (χ4v) is 4.38. The monoisotopic (exact) mass is 493 g/mol. The normalized spacial score (nSPS) is 12.4. The summed E-state index contributed by atoms with van der Waals surface area (Å²) in [7, 11) is 0. The van der Waals surface area contributed by atoms with Gasteiger partial charge in [-0.05, 0) is 36.4 Å². The Morgan fingerprint density at radius 2 is 2.00 bits per heavy atom. The molecular weight excluding hydrogens is 478 g/mol. The molecular formula is C23H16ClN5O4S. The molecule has 5 rings (SSSR count). The van der Waals surface area contributed by atoms with Crippen LogP contribution in [0.2, 0.25) is 5.02 Å². The SMILES string of the molecule is NC(=O)c1ccnc(-c2nnc(COc3ccc(Cl)cc3)s2)c1-c1cccc2c1OCC(=O)N2. The fraction of sp³-hybridized carbons (Fsp3) is 0.0870. The largest absolute Gasteiger partial charge is 0.486 e. The highest BCUT2D eigenvalue weighted by atomic mass is 35.5. The first-order chi connectivity index (χ1) is 16.5. The number of benzene rings is 2. The van der Waals surface area contributed by atoms with Crippen molar-refractivity contribution >= 4 is 40.4 Å². The number of rotatable bonds is 6. The van der Waals surface area contributed by atoms with Crippen LogP contribution in [0.4, 0.5) is 5.69 Å². The maximum absolute atomic E-state index is 12.3. The van der Waals surface area contributed by atoms with E-state index in [9.17, 15) is 9.59 Å². The molecule has 2 amide bonds. The average molecular weight is 494 g/mol. The van der Waals surface area contributed by atoms with E-state index in [2.05, 4.69) is 20.5 Å². The Labute approximate surface area is 202 Å². The summed E-state index contributed by atoms with van der Waals surface area (Å²) in [4.78, 5) is 28.5. The van der Waals surface area contributed by atoms with Gasteiger partial charge in [-0.25, -0.2) is 0 Å². The molecule has 0 atom stereocenters. The van der Waals surface area contributed by atoms with E-state index in [1.54, 1.807) is 42.5 Å². The lowest BCUT2D eigenvalue weighted by atomic mass is 9.96. The van der Waals surface area contributed by atoms with Gasteiger partial charge in [0.15, 0.2) is 22.4 Å². The van der Waals surface area contributed by atoms with Gasteiger partial charge in [0.2, 0.25) is 5.91 Å². The summed E-state index contributed by atoms with van der Waals surface area (Å²) in [5, 5.41) is 12.9. The van der Waals surface area contributed by atoms with Crippen LogP contribution in [-0.2, 0) is 11.4 Å². The number of nitrogens with one attached hydrogen (secondary N) is 1. The number of anilines is 1. The van der Waals surface area contributed by atoms with E-state index >= 15 is 0 Å². The molecule has 0 fully saturated rings. The van der Waals surface area contributed by atoms with Crippen LogP contribution in [-0.4, -0.2) is 33.6 Å². The van der Waals surface area contributed by atoms with Gasteiger partial charge in [0.25, 0.3) is 5.91 Å². The Morgan fingerprint density at radius 3 is 2.79 bits per heavy atom. The summed E-state index contributed by atoms with van der Waals surface area (Å²) < 4.78 is 11.4. The molecule has 2 aromatic heterocycles. The topological polar surface area (TPSA) is 129 Å². The molecule has 0 bridgehead atoms. The number of fused-ring (bicyclic) bond motifs is 1. The third-order valence-corrected chi connectivity index (χ3v) is 6.12. The zero-order valence-corrected chi connectivity index (χ0v) is 19.0. The molecule has 0 saturated heterocycles. The Bertz CT molecular complexity index is 1410. The zero-order chi connectivity index (χ0) is 23.7. The highest BCUT2D eigenvalue weighted by Crippen LogP contribution is 2.43. The van der Waals surface area contributed by atoms with Crippen molar-refractivity contribution < 1.29 is 19.1 Å². The minimum Gasteiger partial charge on any atom is -0.486 e. The fourth-order valence-electron chi connectivity index (χ4n) is 3.50. The Hall–Kier alpha value is -4.02. The zero-order valence-electron chi connectivity index (χ0n) is 17.4. The van der Waals surface area contributed by atoms with Gasteiger partial charge in [0.1, 0.15) is 18.1 Å².